The van der Waals surface area contributed by atoms with Crippen LogP contribution >= 0.6 is 11.6 Å². The van der Waals surface area contributed by atoms with Gasteiger partial charge in [-0.1, -0.05) is 37.3 Å². The predicted octanol–water partition coefficient (Wildman–Crippen LogP) is 3.33. The van der Waals surface area contributed by atoms with Crippen LogP contribution < -0.4 is 10.5 Å². The maximum atomic E-state index is 10.6. The Morgan fingerprint density at radius 3 is 2.70 bits per heavy atom. The number of aliphatic hydroxyl groups excluding tert-OH is 1. The highest BCUT2D eigenvalue weighted by Crippen LogP contribution is 2.36. The van der Waals surface area contributed by atoms with Crippen molar-refractivity contribution in [2.24, 2.45) is 11.7 Å². The van der Waals surface area contributed by atoms with Crippen LogP contribution in [0.3, 0.4) is 0 Å². The van der Waals surface area contributed by atoms with Gasteiger partial charge in [-0.15, -0.1) is 0 Å². The lowest BCUT2D eigenvalue weighted by atomic mass is 9.86. The van der Waals surface area contributed by atoms with Gasteiger partial charge in [0.1, 0.15) is 5.75 Å². The lowest BCUT2D eigenvalue weighted by molar-refractivity contribution is 0.115. The first-order valence-corrected chi connectivity index (χ1v) is 7.75. The third-order valence-electron chi connectivity index (χ3n) is 4.36. The van der Waals surface area contributed by atoms with Crippen molar-refractivity contribution in [2.45, 2.75) is 44.1 Å². The average molecular weight is 298 g/mol. The number of benzene rings is 1. The summed E-state index contributed by atoms with van der Waals surface area (Å²) >= 11 is 6.07. The molecule has 2 unspecified atom stereocenters. The van der Waals surface area contributed by atoms with E-state index in [4.69, 9.17) is 22.1 Å². The molecule has 1 aliphatic carbocycles. The first-order chi connectivity index (χ1) is 9.65. The zero-order valence-electron chi connectivity index (χ0n) is 12.0. The third kappa shape index (κ3) is 3.66. The van der Waals surface area contributed by atoms with E-state index in [9.17, 15) is 5.11 Å². The highest BCUT2D eigenvalue weighted by molar-refractivity contribution is 6.30. The van der Waals surface area contributed by atoms with Crippen LogP contribution in [0.15, 0.2) is 18.2 Å². The minimum Gasteiger partial charge on any atom is -0.496 e. The fraction of sp³-hybridized carbons (Fsp3) is 0.625. The number of hydrogen-bond acceptors (Lipinski definition) is 3. The molecule has 2 rings (SSSR count). The number of halogens is 1. The minimum atomic E-state index is -0.435. The molecule has 1 aliphatic rings. The van der Waals surface area contributed by atoms with Crippen molar-refractivity contribution < 1.29 is 9.84 Å². The van der Waals surface area contributed by atoms with Gasteiger partial charge in [-0.05, 0) is 30.5 Å². The predicted molar refractivity (Wildman–Crippen MR) is 82.4 cm³/mol. The van der Waals surface area contributed by atoms with Gasteiger partial charge < -0.3 is 15.6 Å². The number of hydrogen-bond donors (Lipinski definition) is 2. The van der Waals surface area contributed by atoms with Crippen LogP contribution in [0, 0.1) is 5.92 Å². The Bertz CT molecular complexity index is 432. The fourth-order valence-electron chi connectivity index (χ4n) is 3.24. The molecule has 1 saturated carbocycles. The topological polar surface area (TPSA) is 55.5 Å². The third-order valence-corrected chi connectivity index (χ3v) is 4.59. The molecule has 0 amide bonds. The number of rotatable bonds is 6. The van der Waals surface area contributed by atoms with Gasteiger partial charge in [0.05, 0.1) is 13.2 Å². The molecule has 1 fully saturated rings. The molecule has 0 radical (unpaired) electrons. The van der Waals surface area contributed by atoms with Gasteiger partial charge in [-0.25, -0.2) is 0 Å². The molecule has 0 saturated heterocycles. The average Bonchev–Trinajstić information content (AvgIpc) is 2.93. The van der Waals surface area contributed by atoms with E-state index in [-0.39, 0.29) is 5.92 Å². The van der Waals surface area contributed by atoms with Crippen molar-refractivity contribution in [3.05, 3.63) is 28.8 Å². The molecule has 2 atom stereocenters. The van der Waals surface area contributed by atoms with Gasteiger partial charge >= 0.3 is 0 Å². The van der Waals surface area contributed by atoms with Crippen molar-refractivity contribution in [1.29, 1.82) is 0 Å². The molecule has 0 bridgehead atoms. The summed E-state index contributed by atoms with van der Waals surface area (Å²) < 4.78 is 5.38. The largest absolute Gasteiger partial charge is 0.496 e. The number of nitrogens with two attached hydrogens (primary N) is 1. The van der Waals surface area contributed by atoms with Gasteiger partial charge in [-0.3, -0.25) is 0 Å². The van der Waals surface area contributed by atoms with E-state index in [2.05, 4.69) is 0 Å². The Kier molecular flexibility index (Phi) is 5.70. The zero-order valence-corrected chi connectivity index (χ0v) is 12.8. The molecule has 112 valence electrons. The summed E-state index contributed by atoms with van der Waals surface area (Å²) in [5, 5.41) is 11.2. The van der Waals surface area contributed by atoms with Crippen LogP contribution in [0.1, 0.15) is 43.6 Å². The summed E-state index contributed by atoms with van der Waals surface area (Å²) in [4.78, 5) is 0. The smallest absolute Gasteiger partial charge is 0.122 e. The SMILES string of the molecule is COc1ccc(Cl)cc1C(CN)C(O)CC1CCCC1. The number of ether oxygens (including phenoxy) is 1. The zero-order chi connectivity index (χ0) is 14.5. The lowest BCUT2D eigenvalue weighted by Gasteiger charge is -2.26. The molecule has 3 nitrogen and oxygen atoms in total. The van der Waals surface area contributed by atoms with Crippen LogP contribution in [-0.4, -0.2) is 24.9 Å². The maximum absolute atomic E-state index is 10.6. The van der Waals surface area contributed by atoms with Crippen molar-refractivity contribution in [3.8, 4) is 5.75 Å². The van der Waals surface area contributed by atoms with E-state index in [1.165, 1.54) is 25.7 Å². The second kappa shape index (κ2) is 7.30. The van der Waals surface area contributed by atoms with Gasteiger partial charge in [0.25, 0.3) is 0 Å². The highest BCUT2D eigenvalue weighted by atomic mass is 35.5. The summed E-state index contributed by atoms with van der Waals surface area (Å²) in [6, 6.07) is 5.49. The van der Waals surface area contributed by atoms with Crippen LogP contribution in [0.2, 0.25) is 5.02 Å². The molecule has 0 heterocycles. The summed E-state index contributed by atoms with van der Waals surface area (Å²) in [5.74, 6) is 1.25. The molecular weight excluding hydrogens is 274 g/mol. The van der Waals surface area contributed by atoms with Crippen molar-refractivity contribution >= 4 is 11.6 Å². The van der Waals surface area contributed by atoms with Gasteiger partial charge in [0.2, 0.25) is 0 Å². The summed E-state index contributed by atoms with van der Waals surface area (Å²) in [5.41, 5.74) is 6.81. The maximum Gasteiger partial charge on any atom is 0.122 e. The second-order valence-electron chi connectivity index (χ2n) is 5.68. The van der Waals surface area contributed by atoms with E-state index in [0.717, 1.165) is 17.7 Å². The van der Waals surface area contributed by atoms with Crippen molar-refractivity contribution in [3.63, 3.8) is 0 Å². The molecular formula is C16H24ClNO2. The van der Waals surface area contributed by atoms with Crippen molar-refractivity contribution in [1.82, 2.24) is 0 Å². The fourth-order valence-corrected chi connectivity index (χ4v) is 3.42. The molecule has 0 aromatic heterocycles. The Morgan fingerprint density at radius 2 is 2.10 bits per heavy atom. The summed E-state index contributed by atoms with van der Waals surface area (Å²) in [6.07, 6.45) is 5.39. The summed E-state index contributed by atoms with van der Waals surface area (Å²) in [7, 11) is 1.63. The molecule has 0 aliphatic heterocycles. The van der Waals surface area contributed by atoms with Gasteiger partial charge in [0.15, 0.2) is 0 Å². The monoisotopic (exact) mass is 297 g/mol. The van der Waals surface area contributed by atoms with E-state index in [0.29, 0.717) is 17.5 Å². The van der Waals surface area contributed by atoms with Gasteiger partial charge in [-0.2, -0.15) is 0 Å². The molecule has 1 aromatic rings. The number of methoxy groups -OCH3 is 1. The lowest BCUT2D eigenvalue weighted by Crippen LogP contribution is -2.28. The standard InChI is InChI=1S/C16H24ClNO2/c1-20-16-7-6-12(17)9-13(16)14(10-18)15(19)8-11-4-2-3-5-11/h6-7,9,11,14-15,19H,2-5,8,10,18H2,1H3. The van der Waals surface area contributed by atoms with E-state index in [1.54, 1.807) is 13.2 Å². The Hall–Kier alpha value is -0.770. The molecule has 4 heteroatoms. The highest BCUT2D eigenvalue weighted by Gasteiger charge is 2.27. The van der Waals surface area contributed by atoms with Crippen molar-refractivity contribution in [2.75, 3.05) is 13.7 Å². The van der Waals surface area contributed by atoms with E-state index >= 15 is 0 Å². The number of aliphatic hydroxyl groups is 1. The second-order valence-corrected chi connectivity index (χ2v) is 6.12. The van der Waals surface area contributed by atoms with Crippen LogP contribution in [-0.2, 0) is 0 Å². The van der Waals surface area contributed by atoms with Crippen LogP contribution in [0.5, 0.6) is 5.75 Å². The normalized spacial score (nSPS) is 19.0. The first kappa shape index (κ1) is 15.6. The molecule has 1 aromatic carbocycles. The van der Waals surface area contributed by atoms with E-state index < -0.39 is 6.10 Å². The Labute approximate surface area is 126 Å². The van der Waals surface area contributed by atoms with Crippen LogP contribution in [0.4, 0.5) is 0 Å². The quantitative estimate of drug-likeness (QED) is 0.847. The van der Waals surface area contributed by atoms with E-state index in [1.807, 2.05) is 12.1 Å². The Morgan fingerprint density at radius 1 is 1.40 bits per heavy atom. The molecule has 20 heavy (non-hydrogen) atoms. The molecule has 3 N–H and O–H groups in total. The first-order valence-electron chi connectivity index (χ1n) is 7.37. The van der Waals surface area contributed by atoms with Crippen LogP contribution in [0.25, 0.3) is 0 Å². The van der Waals surface area contributed by atoms with Gasteiger partial charge in [0, 0.05) is 23.0 Å². The minimum absolute atomic E-state index is 0.121. The molecule has 0 spiro atoms. The Balaban J connectivity index is 2.15. The summed E-state index contributed by atoms with van der Waals surface area (Å²) in [6.45, 7) is 0.393.